The number of methoxy groups -OCH3 is 1. The van der Waals surface area contributed by atoms with Crippen molar-refractivity contribution in [3.8, 4) is 0 Å². The second-order valence-electron chi connectivity index (χ2n) is 4.73. The van der Waals surface area contributed by atoms with Gasteiger partial charge in [0.25, 0.3) is 0 Å². The summed E-state index contributed by atoms with van der Waals surface area (Å²) in [5, 5.41) is 7.78. The Kier molecular flexibility index (Phi) is 9.16. The fourth-order valence-corrected chi connectivity index (χ4v) is 1.65. The molecule has 1 atom stereocenters. The van der Waals surface area contributed by atoms with Crippen LogP contribution >= 0.6 is 11.6 Å². The van der Waals surface area contributed by atoms with Gasteiger partial charge in [-0.2, -0.15) is 0 Å². The zero-order valence-corrected chi connectivity index (χ0v) is 13.3. The largest absolute Gasteiger partial charge is 0.382 e. The van der Waals surface area contributed by atoms with Crippen LogP contribution in [0.2, 0.25) is 5.15 Å². The molecule has 0 aliphatic rings. The monoisotopic (exact) mass is 318 g/mol. The highest BCUT2D eigenvalue weighted by atomic mass is 35.5. The van der Waals surface area contributed by atoms with Crippen LogP contribution < -0.4 is 5.73 Å². The molecule has 21 heavy (non-hydrogen) atoms. The normalized spacial score (nSPS) is 12.5. The highest BCUT2D eigenvalue weighted by molar-refractivity contribution is 6.31. The van der Waals surface area contributed by atoms with Crippen molar-refractivity contribution in [3.63, 3.8) is 0 Å². The van der Waals surface area contributed by atoms with Crippen LogP contribution in [0.5, 0.6) is 0 Å². The van der Waals surface area contributed by atoms with E-state index in [2.05, 4.69) is 22.1 Å². The molecular formula is C13H23ClN4O3. The second-order valence-corrected chi connectivity index (χ2v) is 5.09. The summed E-state index contributed by atoms with van der Waals surface area (Å²) >= 11 is 5.67. The summed E-state index contributed by atoms with van der Waals surface area (Å²) in [6.07, 6.45) is 1.59. The van der Waals surface area contributed by atoms with Gasteiger partial charge in [-0.3, -0.25) is 0 Å². The van der Waals surface area contributed by atoms with Crippen LogP contribution in [-0.4, -0.2) is 55.3 Å². The van der Waals surface area contributed by atoms with Gasteiger partial charge in [0.05, 0.1) is 26.4 Å². The summed E-state index contributed by atoms with van der Waals surface area (Å²) in [6.45, 7) is 5.14. The highest BCUT2D eigenvalue weighted by Gasteiger charge is 2.07. The van der Waals surface area contributed by atoms with Crippen LogP contribution in [0, 0.1) is 5.92 Å². The minimum Gasteiger partial charge on any atom is -0.382 e. The smallest absolute Gasteiger partial charge is 0.193 e. The van der Waals surface area contributed by atoms with Crippen molar-refractivity contribution in [1.29, 1.82) is 0 Å². The number of ether oxygens (including phenoxy) is 3. The summed E-state index contributed by atoms with van der Waals surface area (Å²) in [5.41, 5.74) is 5.58. The van der Waals surface area contributed by atoms with Crippen molar-refractivity contribution in [1.82, 2.24) is 15.2 Å². The minimum absolute atomic E-state index is 0.142. The number of halogens is 1. The van der Waals surface area contributed by atoms with E-state index >= 15 is 0 Å². The topological polar surface area (TPSA) is 92.4 Å². The molecule has 1 heterocycles. The maximum atomic E-state index is 5.67. The van der Waals surface area contributed by atoms with Crippen molar-refractivity contribution in [2.24, 2.45) is 5.92 Å². The third kappa shape index (κ3) is 8.11. The predicted molar refractivity (Wildman–Crippen MR) is 80.2 cm³/mol. The average Bonchev–Trinajstić information content (AvgIpc) is 2.47. The van der Waals surface area contributed by atoms with Crippen LogP contribution in [0.3, 0.4) is 0 Å². The van der Waals surface area contributed by atoms with E-state index < -0.39 is 0 Å². The Morgan fingerprint density at radius 3 is 2.57 bits per heavy atom. The van der Waals surface area contributed by atoms with E-state index in [9.17, 15) is 0 Å². The van der Waals surface area contributed by atoms with Crippen molar-refractivity contribution in [3.05, 3.63) is 11.0 Å². The van der Waals surface area contributed by atoms with Gasteiger partial charge in [-0.25, -0.2) is 4.98 Å². The van der Waals surface area contributed by atoms with Gasteiger partial charge in [-0.15, -0.1) is 10.2 Å². The molecule has 0 fully saturated rings. The van der Waals surface area contributed by atoms with Crippen LogP contribution in [0.15, 0.2) is 0 Å². The molecule has 0 aliphatic carbocycles. The number of nitrogen functional groups attached to an aromatic ring is 1. The molecule has 0 radical (unpaired) electrons. The molecule has 1 rings (SSSR count). The SMILES string of the molecule is COCCOCCOCC(C)CCc1nnc(Cl)c(N)n1. The minimum atomic E-state index is 0.142. The summed E-state index contributed by atoms with van der Waals surface area (Å²) in [6, 6.07) is 0. The van der Waals surface area contributed by atoms with Gasteiger partial charge in [-0.05, 0) is 12.3 Å². The third-order valence-electron chi connectivity index (χ3n) is 2.78. The van der Waals surface area contributed by atoms with Gasteiger partial charge in [0.2, 0.25) is 0 Å². The number of nitrogens with zero attached hydrogens (tertiary/aromatic N) is 3. The van der Waals surface area contributed by atoms with Gasteiger partial charge in [0.15, 0.2) is 16.8 Å². The van der Waals surface area contributed by atoms with Crippen molar-refractivity contribution in [2.75, 3.05) is 45.9 Å². The number of rotatable bonds is 11. The van der Waals surface area contributed by atoms with E-state index in [4.69, 9.17) is 31.5 Å². The maximum absolute atomic E-state index is 5.67. The lowest BCUT2D eigenvalue weighted by atomic mass is 10.1. The predicted octanol–water partition coefficient (Wildman–Crippen LogP) is 1.36. The van der Waals surface area contributed by atoms with E-state index in [1.54, 1.807) is 7.11 Å². The molecule has 0 amide bonds. The Labute approximate surface area is 130 Å². The van der Waals surface area contributed by atoms with Gasteiger partial charge in [-0.1, -0.05) is 18.5 Å². The molecule has 0 spiro atoms. The molecule has 0 bridgehead atoms. The van der Waals surface area contributed by atoms with Crippen molar-refractivity contribution >= 4 is 17.4 Å². The zero-order chi connectivity index (χ0) is 15.5. The molecule has 0 saturated heterocycles. The molecule has 1 aromatic heterocycles. The molecule has 7 nitrogen and oxygen atoms in total. The van der Waals surface area contributed by atoms with Gasteiger partial charge < -0.3 is 19.9 Å². The molecule has 0 saturated carbocycles. The Balaban J connectivity index is 2.08. The fraction of sp³-hybridized carbons (Fsp3) is 0.769. The molecule has 8 heteroatoms. The Morgan fingerprint density at radius 2 is 1.86 bits per heavy atom. The number of hydrogen-bond acceptors (Lipinski definition) is 7. The first-order valence-electron chi connectivity index (χ1n) is 6.92. The van der Waals surface area contributed by atoms with Crippen LogP contribution in [0.4, 0.5) is 5.82 Å². The maximum Gasteiger partial charge on any atom is 0.193 e. The Morgan fingerprint density at radius 1 is 1.14 bits per heavy atom. The molecule has 1 aromatic rings. The molecule has 120 valence electrons. The van der Waals surface area contributed by atoms with Crippen molar-refractivity contribution < 1.29 is 14.2 Å². The average molecular weight is 319 g/mol. The Hall–Kier alpha value is -1.02. The number of nitrogens with two attached hydrogens (primary N) is 1. The fourth-order valence-electron chi connectivity index (χ4n) is 1.57. The lowest BCUT2D eigenvalue weighted by Gasteiger charge is -2.11. The van der Waals surface area contributed by atoms with E-state index in [0.29, 0.717) is 51.2 Å². The number of anilines is 1. The molecule has 0 aliphatic heterocycles. The summed E-state index contributed by atoms with van der Waals surface area (Å²) in [5.74, 6) is 1.22. The Bertz CT molecular complexity index is 409. The first-order valence-corrected chi connectivity index (χ1v) is 7.30. The van der Waals surface area contributed by atoms with E-state index in [0.717, 1.165) is 6.42 Å². The van der Waals surface area contributed by atoms with Gasteiger partial charge in [0, 0.05) is 20.1 Å². The first-order chi connectivity index (χ1) is 10.1. The zero-order valence-electron chi connectivity index (χ0n) is 12.5. The molecular weight excluding hydrogens is 296 g/mol. The lowest BCUT2D eigenvalue weighted by molar-refractivity contribution is 0.0164. The van der Waals surface area contributed by atoms with Gasteiger partial charge >= 0.3 is 0 Å². The lowest BCUT2D eigenvalue weighted by Crippen LogP contribution is -2.13. The van der Waals surface area contributed by atoms with Gasteiger partial charge in [0.1, 0.15) is 0 Å². The highest BCUT2D eigenvalue weighted by Crippen LogP contribution is 2.12. The quantitative estimate of drug-likeness (QED) is 0.616. The van der Waals surface area contributed by atoms with E-state index in [1.165, 1.54) is 0 Å². The second kappa shape index (κ2) is 10.7. The number of hydrogen-bond donors (Lipinski definition) is 1. The molecule has 2 N–H and O–H groups in total. The summed E-state index contributed by atoms with van der Waals surface area (Å²) in [7, 11) is 1.65. The van der Waals surface area contributed by atoms with E-state index in [-0.39, 0.29) is 11.0 Å². The van der Waals surface area contributed by atoms with E-state index in [1.807, 2.05) is 0 Å². The van der Waals surface area contributed by atoms with Crippen LogP contribution in [0.1, 0.15) is 19.2 Å². The number of aromatic nitrogens is 3. The number of aryl methyl sites for hydroxylation is 1. The summed E-state index contributed by atoms with van der Waals surface area (Å²) in [4.78, 5) is 4.08. The molecule has 1 unspecified atom stereocenters. The molecule has 0 aromatic carbocycles. The van der Waals surface area contributed by atoms with Crippen molar-refractivity contribution in [2.45, 2.75) is 19.8 Å². The standard InChI is InChI=1S/C13H23ClN4O3/c1-10(9-21-8-7-20-6-5-19-2)3-4-11-16-13(15)12(14)18-17-11/h10H,3-9H2,1-2H3,(H2,15,16,17). The van der Waals surface area contributed by atoms with Crippen LogP contribution in [-0.2, 0) is 20.6 Å². The summed E-state index contributed by atoms with van der Waals surface area (Å²) < 4.78 is 15.7. The third-order valence-corrected chi connectivity index (χ3v) is 3.05. The first kappa shape index (κ1) is 18.0. The van der Waals surface area contributed by atoms with Crippen LogP contribution in [0.25, 0.3) is 0 Å².